The second-order valence-corrected chi connectivity index (χ2v) is 7.38. The van der Waals surface area contributed by atoms with E-state index in [-0.39, 0.29) is 5.56 Å². The molecule has 0 bridgehead atoms. The fraction of sp³-hybridized carbons (Fsp3) is 0.400. The number of anilines is 2. The van der Waals surface area contributed by atoms with Gasteiger partial charge in [-0.15, -0.1) is 11.6 Å². The van der Waals surface area contributed by atoms with E-state index in [0.717, 1.165) is 42.1 Å². The van der Waals surface area contributed by atoms with E-state index in [4.69, 9.17) is 21.8 Å². The largest absolute Gasteiger partial charge is 0.370 e. The van der Waals surface area contributed by atoms with Gasteiger partial charge in [0.25, 0.3) is 5.91 Å². The average molecular weight is 432 g/mol. The number of hydrogen-bond donors (Lipinski definition) is 2. The monoisotopic (exact) mass is 431 g/mol. The van der Waals surface area contributed by atoms with Crippen molar-refractivity contribution in [2.45, 2.75) is 19.9 Å². The number of halogens is 1. The number of fused-ring (bicyclic) bond motifs is 1. The third kappa shape index (κ3) is 4.63. The molecule has 0 aliphatic rings. The number of amides is 1. The van der Waals surface area contributed by atoms with Crippen LogP contribution in [0.1, 0.15) is 29.5 Å². The first kappa shape index (κ1) is 21.8. The van der Waals surface area contributed by atoms with Crippen molar-refractivity contribution in [2.75, 3.05) is 35.8 Å². The Morgan fingerprint density at radius 3 is 2.63 bits per heavy atom. The number of aromatic nitrogens is 4. The van der Waals surface area contributed by atoms with Gasteiger partial charge < -0.3 is 14.4 Å². The van der Waals surface area contributed by atoms with E-state index in [1.54, 1.807) is 5.48 Å². The zero-order chi connectivity index (χ0) is 21.7. The maximum Gasteiger partial charge on any atom is 0.277 e. The van der Waals surface area contributed by atoms with Crippen LogP contribution in [0.15, 0.2) is 30.6 Å². The number of nitrogens with zero attached hydrogens (tertiary/aromatic N) is 6. The average Bonchev–Trinajstić information content (AvgIpc) is 3.07. The molecule has 0 radical (unpaired) electrons. The molecule has 2 N–H and O–H groups in total. The molecule has 1 aromatic carbocycles. The second kappa shape index (κ2) is 9.73. The SMILES string of the molecule is CCCN(CCCl)c1ccc2c(c1)nc(CN(C)c1ncc(C(=O)NO)cn1)n2C. The quantitative estimate of drug-likeness (QED) is 0.305. The number of carbonyl (C=O) groups is 1. The van der Waals surface area contributed by atoms with Gasteiger partial charge in [-0.1, -0.05) is 6.92 Å². The minimum Gasteiger partial charge on any atom is -0.370 e. The number of rotatable bonds is 9. The van der Waals surface area contributed by atoms with Crippen LogP contribution in [0, 0.1) is 0 Å². The summed E-state index contributed by atoms with van der Waals surface area (Å²) in [6.07, 6.45) is 3.78. The molecule has 0 aliphatic heterocycles. The van der Waals surface area contributed by atoms with Gasteiger partial charge in [0.2, 0.25) is 5.95 Å². The highest BCUT2D eigenvalue weighted by Crippen LogP contribution is 2.24. The van der Waals surface area contributed by atoms with Crippen molar-refractivity contribution in [3.05, 3.63) is 42.0 Å². The number of carbonyl (C=O) groups excluding carboxylic acids is 1. The number of nitrogens with one attached hydrogen (secondary N) is 1. The van der Waals surface area contributed by atoms with Crippen molar-refractivity contribution < 1.29 is 10.0 Å². The Morgan fingerprint density at radius 1 is 1.27 bits per heavy atom. The zero-order valence-electron chi connectivity index (χ0n) is 17.3. The molecule has 160 valence electrons. The summed E-state index contributed by atoms with van der Waals surface area (Å²) in [5, 5.41) is 8.69. The van der Waals surface area contributed by atoms with Gasteiger partial charge in [-0.05, 0) is 24.6 Å². The van der Waals surface area contributed by atoms with Crippen molar-refractivity contribution in [1.82, 2.24) is 25.0 Å². The Bertz CT molecular complexity index is 1000. The van der Waals surface area contributed by atoms with Crippen LogP contribution in [-0.2, 0) is 13.6 Å². The molecule has 0 fully saturated rings. The molecule has 30 heavy (non-hydrogen) atoms. The number of aryl methyl sites for hydroxylation is 1. The van der Waals surface area contributed by atoms with Crippen molar-refractivity contribution in [2.24, 2.45) is 7.05 Å². The number of benzene rings is 1. The molecule has 9 nitrogen and oxygen atoms in total. The molecule has 3 aromatic rings. The highest BCUT2D eigenvalue weighted by molar-refractivity contribution is 6.18. The summed E-state index contributed by atoms with van der Waals surface area (Å²) in [4.78, 5) is 28.7. The highest BCUT2D eigenvalue weighted by Gasteiger charge is 2.15. The van der Waals surface area contributed by atoms with Gasteiger partial charge in [0, 0.05) is 51.1 Å². The van der Waals surface area contributed by atoms with Gasteiger partial charge in [0.1, 0.15) is 5.82 Å². The van der Waals surface area contributed by atoms with Crippen LogP contribution in [0.25, 0.3) is 11.0 Å². The van der Waals surface area contributed by atoms with Crippen LogP contribution in [0.3, 0.4) is 0 Å². The minimum atomic E-state index is -0.651. The lowest BCUT2D eigenvalue weighted by Crippen LogP contribution is -2.26. The predicted molar refractivity (Wildman–Crippen MR) is 117 cm³/mol. The molecule has 0 aliphatic carbocycles. The van der Waals surface area contributed by atoms with Gasteiger partial charge in [-0.2, -0.15) is 0 Å². The van der Waals surface area contributed by atoms with E-state index in [1.165, 1.54) is 12.4 Å². The standard InChI is InChI=1S/C20H26ClN7O2/c1-4-8-28(9-7-21)15-5-6-17-16(10-15)24-18(27(17)3)13-26(2)20-22-11-14(12-23-20)19(29)25-30/h5-6,10-12,30H,4,7-9,13H2,1-3H3,(H,25,29). The molecule has 2 aromatic heterocycles. The lowest BCUT2D eigenvalue weighted by Gasteiger charge is -2.23. The predicted octanol–water partition coefficient (Wildman–Crippen LogP) is 2.57. The van der Waals surface area contributed by atoms with Crippen LogP contribution < -0.4 is 15.3 Å². The Hall–Kier alpha value is -2.91. The Labute approximate surface area is 180 Å². The fourth-order valence-electron chi connectivity index (χ4n) is 3.30. The molecular formula is C20H26ClN7O2. The Balaban J connectivity index is 1.82. The summed E-state index contributed by atoms with van der Waals surface area (Å²) in [6, 6.07) is 6.28. The van der Waals surface area contributed by atoms with Crippen molar-refractivity contribution in [3.8, 4) is 0 Å². The third-order valence-corrected chi connectivity index (χ3v) is 5.06. The van der Waals surface area contributed by atoms with E-state index in [1.807, 2.05) is 19.0 Å². The lowest BCUT2D eigenvalue weighted by molar-refractivity contribution is 0.0705. The first-order chi connectivity index (χ1) is 14.5. The fourth-order valence-corrected chi connectivity index (χ4v) is 3.51. The summed E-state index contributed by atoms with van der Waals surface area (Å²) < 4.78 is 2.05. The van der Waals surface area contributed by atoms with Gasteiger partial charge >= 0.3 is 0 Å². The number of alkyl halides is 1. The molecular weight excluding hydrogens is 406 g/mol. The molecule has 0 unspecified atom stereocenters. The maximum absolute atomic E-state index is 11.4. The van der Waals surface area contributed by atoms with Crippen molar-refractivity contribution >= 4 is 40.2 Å². The molecule has 1 amide bonds. The topological polar surface area (TPSA) is 99.4 Å². The normalized spacial score (nSPS) is 11.0. The summed E-state index contributed by atoms with van der Waals surface area (Å²) in [5.41, 5.74) is 4.82. The third-order valence-electron chi connectivity index (χ3n) is 4.89. The van der Waals surface area contributed by atoms with Gasteiger partial charge in [-0.25, -0.2) is 20.4 Å². The first-order valence-corrected chi connectivity index (χ1v) is 10.3. The van der Waals surface area contributed by atoms with Crippen LogP contribution in [0.5, 0.6) is 0 Å². The molecule has 0 atom stereocenters. The van der Waals surface area contributed by atoms with Crippen LogP contribution >= 0.6 is 11.6 Å². The van der Waals surface area contributed by atoms with E-state index in [2.05, 4.69) is 44.6 Å². The van der Waals surface area contributed by atoms with Crippen molar-refractivity contribution in [3.63, 3.8) is 0 Å². The zero-order valence-corrected chi connectivity index (χ0v) is 18.1. The van der Waals surface area contributed by atoms with Crippen LogP contribution in [0.2, 0.25) is 0 Å². The second-order valence-electron chi connectivity index (χ2n) is 7.00. The van der Waals surface area contributed by atoms with E-state index >= 15 is 0 Å². The minimum absolute atomic E-state index is 0.179. The van der Waals surface area contributed by atoms with E-state index in [0.29, 0.717) is 18.4 Å². The summed E-state index contributed by atoms with van der Waals surface area (Å²) in [5.74, 6) is 1.25. The van der Waals surface area contributed by atoms with Gasteiger partial charge in [0.15, 0.2) is 0 Å². The Kier molecular flexibility index (Phi) is 7.07. The highest BCUT2D eigenvalue weighted by atomic mass is 35.5. The summed E-state index contributed by atoms with van der Waals surface area (Å²) >= 11 is 5.97. The number of hydroxylamine groups is 1. The smallest absolute Gasteiger partial charge is 0.277 e. The number of hydrogen-bond acceptors (Lipinski definition) is 7. The summed E-state index contributed by atoms with van der Waals surface area (Å²) in [6.45, 7) is 4.39. The van der Waals surface area contributed by atoms with Gasteiger partial charge in [-0.3, -0.25) is 10.0 Å². The van der Waals surface area contributed by atoms with Crippen LogP contribution in [-0.4, -0.2) is 56.7 Å². The molecule has 3 rings (SSSR count). The number of imidazole rings is 1. The molecule has 2 heterocycles. The van der Waals surface area contributed by atoms with E-state index in [9.17, 15) is 4.79 Å². The van der Waals surface area contributed by atoms with Crippen molar-refractivity contribution in [1.29, 1.82) is 0 Å². The molecule has 10 heteroatoms. The summed E-state index contributed by atoms with van der Waals surface area (Å²) in [7, 11) is 3.84. The van der Waals surface area contributed by atoms with Crippen LogP contribution in [0.4, 0.5) is 11.6 Å². The van der Waals surface area contributed by atoms with Gasteiger partial charge in [0.05, 0.1) is 23.1 Å². The Morgan fingerprint density at radius 2 is 2.00 bits per heavy atom. The molecule has 0 saturated heterocycles. The molecule has 0 spiro atoms. The van der Waals surface area contributed by atoms with E-state index < -0.39 is 5.91 Å². The maximum atomic E-state index is 11.4. The lowest BCUT2D eigenvalue weighted by atomic mass is 10.2. The molecule has 0 saturated carbocycles. The first-order valence-electron chi connectivity index (χ1n) is 9.72.